The molecule has 9 nitrogen and oxygen atoms in total. The number of hydrogen-bond acceptors (Lipinski definition) is 7. The number of pyridine rings is 1. The monoisotopic (exact) mass is 631 g/mol. The number of hydrogen-bond donors (Lipinski definition) is 3. The average Bonchev–Trinajstić information content (AvgIpc) is 3.02. The number of nitriles is 1. The highest BCUT2D eigenvalue weighted by Gasteiger charge is 2.29. The molecule has 1 aliphatic rings. The quantitative estimate of drug-likeness (QED) is 0.255. The number of carbonyl (C=O) groups excluding carboxylic acids is 2. The molecular formula is C31H30F5N5O4. The van der Waals surface area contributed by atoms with Gasteiger partial charge < -0.3 is 25.4 Å². The molecule has 2 heterocycles. The lowest BCUT2D eigenvalue weighted by molar-refractivity contribution is -0.124. The first-order valence-electron chi connectivity index (χ1n) is 14.0. The Kier molecular flexibility index (Phi) is 11.4. The third-order valence-corrected chi connectivity index (χ3v) is 7.11. The number of anilines is 1. The number of halogens is 5. The van der Waals surface area contributed by atoms with Gasteiger partial charge in [-0.05, 0) is 54.3 Å². The van der Waals surface area contributed by atoms with Crippen molar-refractivity contribution in [3.63, 3.8) is 0 Å². The SMILES string of the molecule is N#Cc1ncccc1[C@@H](CC(=O)Nc1cccc(F)c1CC[C@@H]1CN[C@H](COC(=O)NCC(F)(F)F)CO1)c1ccc(F)cc1. The van der Waals surface area contributed by atoms with Gasteiger partial charge in [0, 0.05) is 36.3 Å². The van der Waals surface area contributed by atoms with Crippen molar-refractivity contribution in [3.8, 4) is 6.07 Å². The van der Waals surface area contributed by atoms with Crippen molar-refractivity contribution in [3.05, 3.63) is 94.8 Å². The fourth-order valence-corrected chi connectivity index (χ4v) is 4.88. The highest BCUT2D eigenvalue weighted by molar-refractivity contribution is 5.92. The molecule has 4 rings (SSSR count). The van der Waals surface area contributed by atoms with Crippen LogP contribution in [0.15, 0.2) is 60.8 Å². The topological polar surface area (TPSA) is 125 Å². The Morgan fingerprint density at radius 2 is 1.91 bits per heavy atom. The molecule has 3 aromatic rings. The summed E-state index contributed by atoms with van der Waals surface area (Å²) in [5.41, 5.74) is 1.76. The van der Waals surface area contributed by atoms with Crippen molar-refractivity contribution in [1.29, 1.82) is 5.26 Å². The molecule has 0 saturated carbocycles. The van der Waals surface area contributed by atoms with E-state index in [2.05, 4.69) is 15.6 Å². The average molecular weight is 632 g/mol. The zero-order chi connectivity index (χ0) is 32.4. The number of nitrogens with one attached hydrogen (secondary N) is 3. The van der Waals surface area contributed by atoms with E-state index in [4.69, 9.17) is 9.47 Å². The number of carbonyl (C=O) groups is 2. The van der Waals surface area contributed by atoms with Crippen molar-refractivity contribution in [2.24, 2.45) is 0 Å². The number of amides is 2. The molecule has 2 aromatic carbocycles. The van der Waals surface area contributed by atoms with Crippen molar-refractivity contribution in [1.82, 2.24) is 15.6 Å². The number of ether oxygens (including phenoxy) is 2. The molecule has 0 radical (unpaired) electrons. The summed E-state index contributed by atoms with van der Waals surface area (Å²) in [5, 5.41) is 17.1. The lowest BCUT2D eigenvalue weighted by Crippen LogP contribution is -2.49. The second-order valence-corrected chi connectivity index (χ2v) is 10.3. The van der Waals surface area contributed by atoms with Gasteiger partial charge in [0.1, 0.15) is 36.5 Å². The molecule has 1 saturated heterocycles. The largest absolute Gasteiger partial charge is 0.448 e. The van der Waals surface area contributed by atoms with Gasteiger partial charge in [-0.1, -0.05) is 24.3 Å². The molecule has 1 fully saturated rings. The molecule has 0 bridgehead atoms. The van der Waals surface area contributed by atoms with Gasteiger partial charge in [-0.25, -0.2) is 18.6 Å². The maximum Gasteiger partial charge on any atom is 0.407 e. The standard InChI is InChI=1S/C31H30F5N5O4/c32-20-8-6-19(7-9-20)25(23-3-2-12-38-28(23)14-37)13-29(42)41-27-5-1-4-26(33)24(27)11-10-22-15-39-21(16-44-22)17-45-30(43)40-18-31(34,35)36/h1-9,12,21-22,25,39H,10-11,13,15-18H2,(H,40,43)(H,41,42)/t21-,22+,25-/m0/s1. The van der Waals surface area contributed by atoms with Crippen LogP contribution in [0.1, 0.15) is 41.1 Å². The molecule has 1 aliphatic heterocycles. The van der Waals surface area contributed by atoms with E-state index in [9.17, 15) is 36.8 Å². The summed E-state index contributed by atoms with van der Waals surface area (Å²) >= 11 is 0. The Labute approximate surface area is 255 Å². The summed E-state index contributed by atoms with van der Waals surface area (Å²) in [5.74, 6) is -2.06. The highest BCUT2D eigenvalue weighted by atomic mass is 19.4. The Hall–Kier alpha value is -4.61. The van der Waals surface area contributed by atoms with E-state index in [0.29, 0.717) is 24.1 Å². The van der Waals surface area contributed by atoms with E-state index in [1.54, 1.807) is 23.5 Å². The predicted molar refractivity (Wildman–Crippen MR) is 152 cm³/mol. The molecule has 14 heteroatoms. The minimum absolute atomic E-state index is 0.113. The summed E-state index contributed by atoms with van der Waals surface area (Å²) in [6.45, 7) is -1.27. The predicted octanol–water partition coefficient (Wildman–Crippen LogP) is 4.97. The molecule has 3 N–H and O–H groups in total. The van der Waals surface area contributed by atoms with E-state index in [0.717, 1.165) is 0 Å². The van der Waals surface area contributed by atoms with E-state index in [1.165, 1.54) is 42.6 Å². The molecule has 2 amide bonds. The lowest BCUT2D eigenvalue weighted by Gasteiger charge is -2.30. The normalized spacial score (nSPS) is 17.2. The van der Waals surface area contributed by atoms with Crippen LogP contribution < -0.4 is 16.0 Å². The van der Waals surface area contributed by atoms with Crippen LogP contribution in [0.5, 0.6) is 0 Å². The van der Waals surface area contributed by atoms with Crippen LogP contribution in [0.3, 0.4) is 0 Å². The van der Waals surface area contributed by atoms with Gasteiger partial charge in [-0.2, -0.15) is 18.4 Å². The summed E-state index contributed by atoms with van der Waals surface area (Å²) in [7, 11) is 0. The van der Waals surface area contributed by atoms with Crippen LogP contribution in [0, 0.1) is 23.0 Å². The van der Waals surface area contributed by atoms with Gasteiger partial charge in [0.2, 0.25) is 5.91 Å². The first kappa shape index (κ1) is 33.3. The minimum atomic E-state index is -4.55. The first-order valence-corrected chi connectivity index (χ1v) is 14.0. The Bertz CT molecular complexity index is 1510. The number of alkyl halides is 3. The van der Waals surface area contributed by atoms with E-state index in [1.807, 2.05) is 6.07 Å². The van der Waals surface area contributed by atoms with Crippen LogP contribution in [0.2, 0.25) is 0 Å². The van der Waals surface area contributed by atoms with Gasteiger partial charge in [0.05, 0.1) is 18.8 Å². The first-order chi connectivity index (χ1) is 21.5. The Balaban J connectivity index is 1.34. The third-order valence-electron chi connectivity index (χ3n) is 7.11. The molecule has 0 spiro atoms. The molecule has 1 aromatic heterocycles. The number of nitrogens with zero attached hydrogens (tertiary/aromatic N) is 2. The molecule has 0 unspecified atom stereocenters. The molecule has 3 atom stereocenters. The summed E-state index contributed by atoms with van der Waals surface area (Å²) in [6.07, 6.45) is -4.18. The fraction of sp³-hybridized carbons (Fsp3) is 0.355. The van der Waals surface area contributed by atoms with Gasteiger partial charge in [-0.3, -0.25) is 4.79 Å². The third kappa shape index (κ3) is 9.95. The van der Waals surface area contributed by atoms with E-state index >= 15 is 0 Å². The van der Waals surface area contributed by atoms with Crippen molar-refractivity contribution in [2.45, 2.75) is 43.5 Å². The van der Waals surface area contributed by atoms with E-state index in [-0.39, 0.29) is 49.1 Å². The van der Waals surface area contributed by atoms with Crippen LogP contribution in [-0.4, -0.2) is 61.6 Å². The molecular weight excluding hydrogens is 601 g/mol. The second-order valence-electron chi connectivity index (χ2n) is 10.3. The smallest absolute Gasteiger partial charge is 0.407 e. The molecule has 45 heavy (non-hydrogen) atoms. The highest BCUT2D eigenvalue weighted by Crippen LogP contribution is 2.31. The number of alkyl carbamates (subject to hydrolysis) is 1. The van der Waals surface area contributed by atoms with Crippen molar-refractivity contribution < 1.29 is 41.0 Å². The molecule has 0 aliphatic carbocycles. The molecule has 238 valence electrons. The lowest BCUT2D eigenvalue weighted by atomic mass is 9.87. The van der Waals surface area contributed by atoms with Gasteiger partial charge in [-0.15, -0.1) is 0 Å². The number of aromatic nitrogens is 1. The van der Waals surface area contributed by atoms with Gasteiger partial charge in [0.25, 0.3) is 0 Å². The zero-order valence-corrected chi connectivity index (χ0v) is 23.9. The number of morpholine rings is 1. The summed E-state index contributed by atoms with van der Waals surface area (Å²) in [6, 6.07) is 14.8. The second kappa shape index (κ2) is 15.4. The van der Waals surface area contributed by atoms with Crippen molar-refractivity contribution >= 4 is 17.7 Å². The summed E-state index contributed by atoms with van der Waals surface area (Å²) in [4.78, 5) is 28.8. The van der Waals surface area contributed by atoms with Crippen molar-refractivity contribution in [2.75, 3.05) is 31.6 Å². The Morgan fingerprint density at radius 1 is 1.13 bits per heavy atom. The van der Waals surface area contributed by atoms with Crippen LogP contribution in [0.25, 0.3) is 0 Å². The van der Waals surface area contributed by atoms with Crippen LogP contribution in [0.4, 0.5) is 32.4 Å². The fourth-order valence-electron chi connectivity index (χ4n) is 4.88. The van der Waals surface area contributed by atoms with Crippen LogP contribution >= 0.6 is 0 Å². The van der Waals surface area contributed by atoms with Crippen LogP contribution in [-0.2, 0) is 20.7 Å². The van der Waals surface area contributed by atoms with E-state index < -0.39 is 48.3 Å². The Morgan fingerprint density at radius 3 is 2.60 bits per heavy atom. The maximum atomic E-state index is 14.9. The summed E-state index contributed by atoms with van der Waals surface area (Å²) < 4.78 is 75.8. The minimum Gasteiger partial charge on any atom is -0.448 e. The number of rotatable bonds is 11. The zero-order valence-electron chi connectivity index (χ0n) is 23.9. The number of benzene rings is 2. The maximum absolute atomic E-state index is 14.9. The van der Waals surface area contributed by atoms with Gasteiger partial charge in [0.15, 0.2) is 0 Å². The van der Waals surface area contributed by atoms with Gasteiger partial charge >= 0.3 is 12.3 Å².